The number of hydrogen-bond acceptors (Lipinski definition) is 3. The number of carbonyl (C=O) groups excluding carboxylic acids is 1. The molecule has 3 aromatic rings. The van der Waals surface area contributed by atoms with Crippen molar-refractivity contribution in [1.82, 2.24) is 10.3 Å². The summed E-state index contributed by atoms with van der Waals surface area (Å²) in [6, 6.07) is 17.8. The highest BCUT2D eigenvalue weighted by Gasteiger charge is 2.27. The summed E-state index contributed by atoms with van der Waals surface area (Å²) in [6.07, 6.45) is 2.33. The Hall–Kier alpha value is -2.72. The molecule has 1 amide bonds. The first-order valence-electron chi connectivity index (χ1n) is 9.26. The lowest BCUT2D eigenvalue weighted by molar-refractivity contribution is 0.102. The summed E-state index contributed by atoms with van der Waals surface area (Å²) in [6.45, 7) is 3.70. The molecule has 0 saturated heterocycles. The van der Waals surface area contributed by atoms with Gasteiger partial charge in [-0.05, 0) is 43.1 Å². The number of carbonyl (C=O) groups is 1. The van der Waals surface area contributed by atoms with Gasteiger partial charge in [0.05, 0.1) is 11.1 Å². The predicted octanol–water partition coefficient (Wildman–Crippen LogP) is 4.47. The molecule has 0 bridgehead atoms. The number of pyridine rings is 1. The van der Waals surface area contributed by atoms with E-state index < -0.39 is 0 Å². The van der Waals surface area contributed by atoms with Crippen molar-refractivity contribution >= 4 is 22.5 Å². The van der Waals surface area contributed by atoms with Crippen LogP contribution in [0.5, 0.6) is 0 Å². The first kappa shape index (κ1) is 16.7. The van der Waals surface area contributed by atoms with Crippen molar-refractivity contribution in [2.45, 2.75) is 32.2 Å². The molecule has 1 fully saturated rings. The van der Waals surface area contributed by atoms with E-state index in [4.69, 9.17) is 4.98 Å². The third kappa shape index (κ3) is 3.46. The number of nitrogens with zero attached hydrogens (tertiary/aromatic N) is 1. The number of rotatable bonds is 6. The van der Waals surface area contributed by atoms with Crippen LogP contribution in [0.15, 0.2) is 54.6 Å². The molecule has 2 N–H and O–H groups in total. The maximum Gasteiger partial charge on any atom is 0.256 e. The van der Waals surface area contributed by atoms with Crippen LogP contribution in [-0.4, -0.2) is 17.4 Å². The van der Waals surface area contributed by atoms with Crippen LogP contribution < -0.4 is 10.6 Å². The van der Waals surface area contributed by atoms with E-state index in [-0.39, 0.29) is 5.91 Å². The zero-order chi connectivity index (χ0) is 17.9. The van der Waals surface area contributed by atoms with Gasteiger partial charge < -0.3 is 10.6 Å². The molecule has 1 aliphatic carbocycles. The topological polar surface area (TPSA) is 54.0 Å². The minimum Gasteiger partial charge on any atom is -0.322 e. The molecule has 26 heavy (non-hydrogen) atoms. The second-order valence-corrected chi connectivity index (χ2v) is 6.78. The highest BCUT2D eigenvalue weighted by Crippen LogP contribution is 2.40. The van der Waals surface area contributed by atoms with Gasteiger partial charge >= 0.3 is 0 Å². The van der Waals surface area contributed by atoms with Gasteiger partial charge in [0.1, 0.15) is 0 Å². The fourth-order valence-corrected chi connectivity index (χ4v) is 3.22. The Morgan fingerprint density at radius 2 is 1.88 bits per heavy atom. The molecule has 4 heteroatoms. The smallest absolute Gasteiger partial charge is 0.256 e. The SMILES string of the molecule is CCNCc1ccccc1NC(=O)c1cc(C2CC2)nc2ccccc12. The quantitative estimate of drug-likeness (QED) is 0.693. The second-order valence-electron chi connectivity index (χ2n) is 6.78. The summed E-state index contributed by atoms with van der Waals surface area (Å²) in [7, 11) is 0. The number of fused-ring (bicyclic) bond motifs is 1. The second kappa shape index (κ2) is 7.26. The number of nitrogens with one attached hydrogen (secondary N) is 2. The number of benzene rings is 2. The molecule has 1 aromatic heterocycles. The van der Waals surface area contributed by atoms with Crippen molar-refractivity contribution in [1.29, 1.82) is 0 Å². The standard InChI is InChI=1S/C22H23N3O/c1-2-23-14-16-7-3-5-9-19(16)25-22(26)18-13-21(15-11-12-15)24-20-10-6-4-8-17(18)20/h3-10,13,15,23H,2,11-12,14H2,1H3,(H,25,26). The molecule has 0 aliphatic heterocycles. The van der Waals surface area contributed by atoms with Gasteiger partial charge in [0.25, 0.3) is 5.91 Å². The largest absolute Gasteiger partial charge is 0.322 e. The van der Waals surface area contributed by atoms with Crippen LogP contribution in [-0.2, 0) is 6.54 Å². The zero-order valence-corrected chi connectivity index (χ0v) is 15.0. The molecule has 0 atom stereocenters. The number of hydrogen-bond donors (Lipinski definition) is 2. The van der Waals surface area contributed by atoms with Crippen molar-refractivity contribution in [2.24, 2.45) is 0 Å². The number of anilines is 1. The van der Waals surface area contributed by atoms with Crippen LogP contribution in [0.25, 0.3) is 10.9 Å². The highest BCUT2D eigenvalue weighted by atomic mass is 16.1. The summed E-state index contributed by atoms with van der Waals surface area (Å²) < 4.78 is 0. The Balaban J connectivity index is 1.68. The van der Waals surface area contributed by atoms with E-state index in [0.717, 1.165) is 53.8 Å². The van der Waals surface area contributed by atoms with Gasteiger partial charge in [-0.25, -0.2) is 0 Å². The van der Waals surface area contributed by atoms with E-state index in [0.29, 0.717) is 11.5 Å². The van der Waals surface area contributed by atoms with Crippen molar-refractivity contribution in [3.05, 3.63) is 71.4 Å². The van der Waals surface area contributed by atoms with E-state index in [1.807, 2.05) is 54.6 Å². The molecular formula is C22H23N3O. The average molecular weight is 345 g/mol. The molecular weight excluding hydrogens is 322 g/mol. The Bertz CT molecular complexity index is 947. The number of amides is 1. The summed E-state index contributed by atoms with van der Waals surface area (Å²) >= 11 is 0. The monoisotopic (exact) mass is 345 g/mol. The lowest BCUT2D eigenvalue weighted by atomic mass is 10.0. The van der Waals surface area contributed by atoms with Crippen LogP contribution >= 0.6 is 0 Å². The van der Waals surface area contributed by atoms with E-state index >= 15 is 0 Å². The summed E-state index contributed by atoms with van der Waals surface area (Å²) in [5.41, 5.74) is 4.57. The van der Waals surface area contributed by atoms with Crippen LogP contribution in [0.4, 0.5) is 5.69 Å². The lowest BCUT2D eigenvalue weighted by Gasteiger charge is -2.13. The van der Waals surface area contributed by atoms with Crippen molar-refractivity contribution in [2.75, 3.05) is 11.9 Å². The zero-order valence-electron chi connectivity index (χ0n) is 15.0. The normalized spacial score (nSPS) is 13.7. The Kier molecular flexibility index (Phi) is 4.67. The Morgan fingerprint density at radius 1 is 1.12 bits per heavy atom. The van der Waals surface area contributed by atoms with E-state index in [9.17, 15) is 4.79 Å². The van der Waals surface area contributed by atoms with Crippen LogP contribution in [0, 0.1) is 0 Å². The molecule has 0 spiro atoms. The molecule has 1 heterocycles. The predicted molar refractivity (Wildman–Crippen MR) is 105 cm³/mol. The fraction of sp³-hybridized carbons (Fsp3) is 0.273. The minimum absolute atomic E-state index is 0.0746. The fourth-order valence-electron chi connectivity index (χ4n) is 3.22. The van der Waals surface area contributed by atoms with Gasteiger partial charge in [-0.15, -0.1) is 0 Å². The van der Waals surface area contributed by atoms with Gasteiger partial charge in [0.2, 0.25) is 0 Å². The van der Waals surface area contributed by atoms with Gasteiger partial charge in [-0.1, -0.05) is 43.3 Å². The van der Waals surface area contributed by atoms with Crippen LogP contribution in [0.3, 0.4) is 0 Å². The van der Waals surface area contributed by atoms with Gasteiger partial charge in [0, 0.05) is 29.2 Å². The molecule has 4 nitrogen and oxygen atoms in total. The third-order valence-corrected chi connectivity index (χ3v) is 4.81. The Labute approximate surface area is 153 Å². The minimum atomic E-state index is -0.0746. The van der Waals surface area contributed by atoms with Crippen molar-refractivity contribution < 1.29 is 4.79 Å². The molecule has 1 saturated carbocycles. The lowest BCUT2D eigenvalue weighted by Crippen LogP contribution is -2.17. The molecule has 4 rings (SSSR count). The first-order chi connectivity index (χ1) is 12.8. The van der Waals surface area contributed by atoms with Crippen molar-refractivity contribution in [3.63, 3.8) is 0 Å². The molecule has 132 valence electrons. The Morgan fingerprint density at radius 3 is 2.69 bits per heavy atom. The summed E-state index contributed by atoms with van der Waals surface area (Å²) in [4.78, 5) is 17.8. The van der Waals surface area contributed by atoms with E-state index in [1.54, 1.807) is 0 Å². The first-order valence-corrected chi connectivity index (χ1v) is 9.26. The summed E-state index contributed by atoms with van der Waals surface area (Å²) in [5.74, 6) is 0.432. The average Bonchev–Trinajstić information content (AvgIpc) is 3.51. The number of aromatic nitrogens is 1. The van der Waals surface area contributed by atoms with Crippen LogP contribution in [0.1, 0.15) is 47.3 Å². The molecule has 2 aromatic carbocycles. The van der Waals surface area contributed by atoms with E-state index in [2.05, 4.69) is 17.6 Å². The number of para-hydroxylation sites is 2. The molecule has 1 aliphatic rings. The third-order valence-electron chi connectivity index (χ3n) is 4.81. The van der Waals surface area contributed by atoms with Crippen molar-refractivity contribution in [3.8, 4) is 0 Å². The van der Waals surface area contributed by atoms with Gasteiger partial charge in [-0.2, -0.15) is 0 Å². The molecule has 0 unspecified atom stereocenters. The highest BCUT2D eigenvalue weighted by molar-refractivity contribution is 6.12. The van der Waals surface area contributed by atoms with E-state index in [1.165, 1.54) is 0 Å². The molecule has 0 radical (unpaired) electrons. The van der Waals surface area contributed by atoms with Crippen LogP contribution in [0.2, 0.25) is 0 Å². The maximum absolute atomic E-state index is 13.1. The van der Waals surface area contributed by atoms with Gasteiger partial charge in [0.15, 0.2) is 0 Å². The summed E-state index contributed by atoms with van der Waals surface area (Å²) in [5, 5.41) is 7.33. The van der Waals surface area contributed by atoms with Gasteiger partial charge in [-0.3, -0.25) is 9.78 Å². The maximum atomic E-state index is 13.1.